The summed E-state index contributed by atoms with van der Waals surface area (Å²) in [7, 11) is 0. The number of rotatable bonds is 4. The maximum Gasteiger partial charge on any atom is 0.224 e. The maximum absolute atomic E-state index is 12.4. The zero-order valence-corrected chi connectivity index (χ0v) is 13.7. The number of carbonyl (C=O) groups excluding carboxylic acids is 1. The molecule has 2 saturated heterocycles. The standard InChI is InChI=1S/C16H24N4OS/c21-16(11-15-13-22-10-5-18-15)20-8-6-19(7-9-20)12-14-1-3-17-4-2-14/h1-4,15,18H,5-13H2. The zero-order chi connectivity index (χ0) is 15.2. The van der Waals surface area contributed by atoms with Gasteiger partial charge in [-0.05, 0) is 17.7 Å². The van der Waals surface area contributed by atoms with Crippen LogP contribution in [-0.2, 0) is 11.3 Å². The Morgan fingerprint density at radius 2 is 2.05 bits per heavy atom. The van der Waals surface area contributed by atoms with Crippen molar-refractivity contribution in [3.63, 3.8) is 0 Å². The van der Waals surface area contributed by atoms with Gasteiger partial charge in [-0.3, -0.25) is 14.7 Å². The highest BCUT2D eigenvalue weighted by Crippen LogP contribution is 2.13. The number of nitrogens with one attached hydrogen (secondary N) is 1. The fraction of sp³-hybridized carbons (Fsp3) is 0.625. The monoisotopic (exact) mass is 320 g/mol. The molecule has 1 atom stereocenters. The first-order chi connectivity index (χ1) is 10.8. The minimum atomic E-state index is 0.309. The lowest BCUT2D eigenvalue weighted by Gasteiger charge is -2.35. The molecule has 0 saturated carbocycles. The van der Waals surface area contributed by atoms with Gasteiger partial charge < -0.3 is 10.2 Å². The van der Waals surface area contributed by atoms with Gasteiger partial charge in [-0.2, -0.15) is 11.8 Å². The van der Waals surface area contributed by atoms with E-state index in [1.165, 1.54) is 11.3 Å². The van der Waals surface area contributed by atoms with E-state index in [9.17, 15) is 4.79 Å². The van der Waals surface area contributed by atoms with Crippen LogP contribution in [-0.4, -0.2) is 71.0 Å². The minimum Gasteiger partial charge on any atom is -0.340 e. The molecule has 1 aromatic rings. The third-order valence-electron chi connectivity index (χ3n) is 4.30. The number of nitrogens with zero attached hydrogens (tertiary/aromatic N) is 3. The molecule has 1 amide bonds. The first-order valence-corrected chi connectivity index (χ1v) is 9.17. The first kappa shape index (κ1) is 15.8. The minimum absolute atomic E-state index is 0.309. The normalized spacial score (nSPS) is 23.5. The van der Waals surface area contributed by atoms with Gasteiger partial charge in [0, 0.05) is 75.6 Å². The second-order valence-electron chi connectivity index (χ2n) is 5.94. The number of amides is 1. The highest BCUT2D eigenvalue weighted by molar-refractivity contribution is 7.99. The number of pyridine rings is 1. The Morgan fingerprint density at radius 3 is 2.73 bits per heavy atom. The van der Waals surface area contributed by atoms with Crippen molar-refractivity contribution in [3.05, 3.63) is 30.1 Å². The molecule has 1 aromatic heterocycles. The van der Waals surface area contributed by atoms with Crippen LogP contribution in [0.1, 0.15) is 12.0 Å². The van der Waals surface area contributed by atoms with Crippen molar-refractivity contribution in [2.75, 3.05) is 44.2 Å². The number of aromatic nitrogens is 1. The molecule has 5 nitrogen and oxygen atoms in total. The van der Waals surface area contributed by atoms with Gasteiger partial charge in [0.05, 0.1) is 0 Å². The highest BCUT2D eigenvalue weighted by atomic mass is 32.2. The average Bonchev–Trinajstić information content (AvgIpc) is 2.57. The second-order valence-corrected chi connectivity index (χ2v) is 7.09. The van der Waals surface area contributed by atoms with Crippen LogP contribution in [0.4, 0.5) is 0 Å². The predicted octanol–water partition coefficient (Wildman–Crippen LogP) is 0.821. The van der Waals surface area contributed by atoms with E-state index in [1.54, 1.807) is 0 Å². The maximum atomic E-state index is 12.4. The first-order valence-electron chi connectivity index (χ1n) is 8.01. The highest BCUT2D eigenvalue weighted by Gasteiger charge is 2.24. The van der Waals surface area contributed by atoms with Gasteiger partial charge in [-0.25, -0.2) is 0 Å². The smallest absolute Gasteiger partial charge is 0.224 e. The Morgan fingerprint density at radius 1 is 1.27 bits per heavy atom. The van der Waals surface area contributed by atoms with Crippen molar-refractivity contribution in [2.24, 2.45) is 0 Å². The number of hydrogen-bond donors (Lipinski definition) is 1. The molecule has 0 spiro atoms. The molecule has 2 aliphatic rings. The fourth-order valence-corrected chi connectivity index (χ4v) is 3.94. The lowest BCUT2D eigenvalue weighted by molar-refractivity contribution is -0.133. The summed E-state index contributed by atoms with van der Waals surface area (Å²) in [6.07, 6.45) is 4.33. The molecular weight excluding hydrogens is 296 g/mol. The lowest BCUT2D eigenvalue weighted by Crippen LogP contribution is -2.50. The van der Waals surface area contributed by atoms with Crippen molar-refractivity contribution < 1.29 is 4.79 Å². The Balaban J connectivity index is 1.42. The van der Waals surface area contributed by atoms with Crippen molar-refractivity contribution in [2.45, 2.75) is 19.0 Å². The molecule has 2 aliphatic heterocycles. The summed E-state index contributed by atoms with van der Waals surface area (Å²) >= 11 is 1.95. The molecule has 3 rings (SSSR count). The Bertz CT molecular complexity index is 470. The van der Waals surface area contributed by atoms with E-state index in [1.807, 2.05) is 29.1 Å². The van der Waals surface area contributed by atoms with Gasteiger partial charge in [-0.1, -0.05) is 0 Å². The van der Waals surface area contributed by atoms with Crippen LogP contribution in [0, 0.1) is 0 Å². The van der Waals surface area contributed by atoms with E-state index in [-0.39, 0.29) is 0 Å². The van der Waals surface area contributed by atoms with Gasteiger partial charge in [0.25, 0.3) is 0 Å². The largest absolute Gasteiger partial charge is 0.340 e. The lowest BCUT2D eigenvalue weighted by atomic mass is 10.2. The van der Waals surface area contributed by atoms with Crippen LogP contribution >= 0.6 is 11.8 Å². The molecule has 3 heterocycles. The summed E-state index contributed by atoms with van der Waals surface area (Å²) in [6, 6.07) is 4.48. The summed E-state index contributed by atoms with van der Waals surface area (Å²) in [6.45, 7) is 5.60. The second kappa shape index (κ2) is 7.94. The van der Waals surface area contributed by atoms with Crippen LogP contribution in [0.2, 0.25) is 0 Å². The van der Waals surface area contributed by atoms with Gasteiger partial charge in [-0.15, -0.1) is 0 Å². The van der Waals surface area contributed by atoms with E-state index in [0.29, 0.717) is 18.4 Å². The van der Waals surface area contributed by atoms with Gasteiger partial charge >= 0.3 is 0 Å². The Kier molecular flexibility index (Phi) is 5.70. The molecule has 2 fully saturated rings. The van der Waals surface area contributed by atoms with Gasteiger partial charge in [0.2, 0.25) is 5.91 Å². The van der Waals surface area contributed by atoms with Crippen LogP contribution in [0.25, 0.3) is 0 Å². The number of thioether (sulfide) groups is 1. The van der Waals surface area contributed by atoms with Crippen LogP contribution < -0.4 is 5.32 Å². The van der Waals surface area contributed by atoms with Crippen molar-refractivity contribution in [1.29, 1.82) is 0 Å². The van der Waals surface area contributed by atoms with E-state index in [0.717, 1.165) is 45.0 Å². The molecule has 0 radical (unpaired) electrons. The van der Waals surface area contributed by atoms with E-state index in [2.05, 4.69) is 27.3 Å². The van der Waals surface area contributed by atoms with Crippen LogP contribution in [0.15, 0.2) is 24.5 Å². The molecule has 1 unspecified atom stereocenters. The average molecular weight is 320 g/mol. The quantitative estimate of drug-likeness (QED) is 0.890. The van der Waals surface area contributed by atoms with Crippen LogP contribution in [0.5, 0.6) is 0 Å². The summed E-state index contributed by atoms with van der Waals surface area (Å²) in [4.78, 5) is 20.9. The van der Waals surface area contributed by atoms with Gasteiger partial charge in [0.1, 0.15) is 0 Å². The van der Waals surface area contributed by atoms with E-state index < -0.39 is 0 Å². The number of piperazine rings is 1. The third kappa shape index (κ3) is 4.44. The fourth-order valence-electron chi connectivity index (χ4n) is 2.99. The molecule has 0 bridgehead atoms. The molecule has 0 aromatic carbocycles. The molecule has 6 heteroatoms. The summed E-state index contributed by atoms with van der Waals surface area (Å²) in [5.41, 5.74) is 1.29. The number of carbonyl (C=O) groups is 1. The molecule has 22 heavy (non-hydrogen) atoms. The zero-order valence-electron chi connectivity index (χ0n) is 12.9. The molecular formula is C16H24N4OS. The summed E-state index contributed by atoms with van der Waals surface area (Å²) in [5, 5.41) is 3.45. The van der Waals surface area contributed by atoms with Crippen molar-refractivity contribution >= 4 is 17.7 Å². The van der Waals surface area contributed by atoms with Crippen molar-refractivity contribution in [1.82, 2.24) is 20.1 Å². The Hall–Kier alpha value is -1.11. The Labute approximate surface area is 136 Å². The van der Waals surface area contributed by atoms with E-state index in [4.69, 9.17) is 0 Å². The predicted molar refractivity (Wildman–Crippen MR) is 89.8 cm³/mol. The molecule has 120 valence electrons. The third-order valence-corrected chi connectivity index (χ3v) is 5.43. The molecule has 1 N–H and O–H groups in total. The number of hydrogen-bond acceptors (Lipinski definition) is 5. The topological polar surface area (TPSA) is 48.5 Å². The van der Waals surface area contributed by atoms with Crippen LogP contribution in [0.3, 0.4) is 0 Å². The van der Waals surface area contributed by atoms with E-state index >= 15 is 0 Å². The van der Waals surface area contributed by atoms with Crippen molar-refractivity contribution in [3.8, 4) is 0 Å². The SMILES string of the molecule is O=C(CC1CSCCN1)N1CCN(Cc2ccncc2)CC1. The molecule has 0 aliphatic carbocycles. The summed E-state index contributed by atoms with van der Waals surface area (Å²) in [5.74, 6) is 2.54. The summed E-state index contributed by atoms with van der Waals surface area (Å²) < 4.78 is 0. The van der Waals surface area contributed by atoms with Gasteiger partial charge in [0.15, 0.2) is 0 Å².